The summed E-state index contributed by atoms with van der Waals surface area (Å²) in [6.07, 6.45) is -3.39. The molecule has 5 aromatic rings. The quantitative estimate of drug-likeness (QED) is 0.287. The maximum Gasteiger partial charge on any atom is 0.416 e. The highest BCUT2D eigenvalue weighted by Gasteiger charge is 2.30. The molecule has 0 aliphatic carbocycles. The highest BCUT2D eigenvalue weighted by atomic mass is 19.4. The van der Waals surface area contributed by atoms with Gasteiger partial charge in [0, 0.05) is 29.7 Å². The topological polar surface area (TPSA) is 26.2 Å². The van der Waals surface area contributed by atoms with Gasteiger partial charge in [-0.05, 0) is 76.8 Å². The van der Waals surface area contributed by atoms with Crippen molar-refractivity contribution in [2.24, 2.45) is 0 Å². The number of alkyl halides is 3. The van der Waals surface area contributed by atoms with Gasteiger partial charge in [0.2, 0.25) is 0 Å². The van der Waals surface area contributed by atoms with E-state index in [1.165, 1.54) is 50.6 Å². The van der Waals surface area contributed by atoms with E-state index in [0.717, 1.165) is 38.2 Å². The molecule has 6 rings (SSSR count). The molecule has 36 heavy (non-hydrogen) atoms. The first kappa shape index (κ1) is 22.7. The highest BCUT2D eigenvalue weighted by Crippen LogP contribution is 2.33. The third-order valence-corrected chi connectivity index (χ3v) is 6.94. The van der Waals surface area contributed by atoms with Crippen LogP contribution < -0.4 is 10.1 Å². The molecule has 1 aliphatic rings. The fourth-order valence-corrected chi connectivity index (χ4v) is 5.10. The van der Waals surface area contributed by atoms with Gasteiger partial charge in [0.25, 0.3) is 0 Å². The van der Waals surface area contributed by atoms with Gasteiger partial charge in [0.05, 0.1) is 5.56 Å². The Labute approximate surface area is 207 Å². The molecule has 1 aliphatic heterocycles. The van der Waals surface area contributed by atoms with E-state index in [9.17, 15) is 13.2 Å². The fraction of sp³-hybridized carbons (Fsp3) is 0.200. The summed E-state index contributed by atoms with van der Waals surface area (Å²) in [4.78, 5) is 0. The van der Waals surface area contributed by atoms with Crippen LogP contribution in [0, 0.1) is 0 Å². The lowest BCUT2D eigenvalue weighted by Crippen LogP contribution is -2.25. The molecule has 0 bridgehead atoms. The lowest BCUT2D eigenvalue weighted by Gasteiger charge is -2.17. The summed E-state index contributed by atoms with van der Waals surface area (Å²) in [7, 11) is 0. The lowest BCUT2D eigenvalue weighted by molar-refractivity contribution is -0.137. The number of rotatable bonds is 5. The number of aromatic nitrogens is 1. The van der Waals surface area contributed by atoms with Crippen molar-refractivity contribution in [1.82, 2.24) is 9.88 Å². The summed E-state index contributed by atoms with van der Waals surface area (Å²) < 4.78 is 46.9. The maximum atomic E-state index is 12.8. The molecule has 0 saturated carbocycles. The van der Waals surface area contributed by atoms with Crippen LogP contribution in [0.2, 0.25) is 0 Å². The highest BCUT2D eigenvalue weighted by molar-refractivity contribution is 5.88. The second-order valence-electron chi connectivity index (χ2n) is 9.28. The number of fused-ring (bicyclic) bond motifs is 4. The monoisotopic (exact) mass is 486 g/mol. The first-order chi connectivity index (χ1) is 17.5. The first-order valence-electron chi connectivity index (χ1n) is 12.1. The predicted molar refractivity (Wildman–Crippen MR) is 136 cm³/mol. The number of hydrogen-bond donors (Lipinski definition) is 1. The molecule has 2 heterocycles. The van der Waals surface area contributed by atoms with Crippen molar-refractivity contribution in [3.05, 3.63) is 113 Å². The van der Waals surface area contributed by atoms with E-state index < -0.39 is 11.7 Å². The average molecular weight is 487 g/mol. The molecule has 3 nitrogen and oxygen atoms in total. The van der Waals surface area contributed by atoms with E-state index >= 15 is 0 Å². The van der Waals surface area contributed by atoms with Crippen LogP contribution in [0.25, 0.3) is 21.7 Å². The standard InChI is InChI=1S/C30H25F3N2O/c31-30(32,33)24-9-6-20(7-10-24)19-36-25-11-12-28-27(16-25)26-13-14-34-17-29(26)35(28)18-21-5-8-22-3-1-2-4-23(22)15-21/h1-12,15-16,34H,13-14,17-19H2. The van der Waals surface area contributed by atoms with Crippen LogP contribution in [0.1, 0.15) is 27.9 Å². The Morgan fingerprint density at radius 2 is 1.61 bits per heavy atom. The van der Waals surface area contributed by atoms with Gasteiger partial charge < -0.3 is 14.6 Å². The smallest absolute Gasteiger partial charge is 0.416 e. The van der Waals surface area contributed by atoms with Crippen LogP contribution in [0.3, 0.4) is 0 Å². The maximum absolute atomic E-state index is 12.8. The van der Waals surface area contributed by atoms with Crippen LogP contribution in [-0.4, -0.2) is 11.1 Å². The Balaban J connectivity index is 1.29. The van der Waals surface area contributed by atoms with Crippen LogP contribution in [-0.2, 0) is 32.3 Å². The minimum absolute atomic E-state index is 0.213. The van der Waals surface area contributed by atoms with Gasteiger partial charge in [-0.15, -0.1) is 0 Å². The molecule has 0 unspecified atom stereocenters. The van der Waals surface area contributed by atoms with Crippen molar-refractivity contribution in [2.75, 3.05) is 6.54 Å². The number of ether oxygens (including phenoxy) is 1. The van der Waals surface area contributed by atoms with Crippen molar-refractivity contribution in [3.8, 4) is 5.75 Å². The molecule has 0 spiro atoms. The van der Waals surface area contributed by atoms with E-state index in [-0.39, 0.29) is 6.61 Å². The van der Waals surface area contributed by atoms with Gasteiger partial charge in [-0.3, -0.25) is 0 Å². The van der Waals surface area contributed by atoms with E-state index in [0.29, 0.717) is 11.3 Å². The number of halogens is 3. The molecule has 0 atom stereocenters. The largest absolute Gasteiger partial charge is 0.489 e. The molecule has 0 saturated heterocycles. The Morgan fingerprint density at radius 1 is 0.833 bits per heavy atom. The zero-order chi connectivity index (χ0) is 24.7. The van der Waals surface area contributed by atoms with Crippen LogP contribution in [0.4, 0.5) is 13.2 Å². The summed E-state index contributed by atoms with van der Waals surface area (Å²) in [6.45, 7) is 2.74. The zero-order valence-electron chi connectivity index (χ0n) is 19.6. The summed E-state index contributed by atoms with van der Waals surface area (Å²) in [5, 5.41) is 7.15. The Bertz CT molecular complexity index is 1550. The van der Waals surface area contributed by atoms with Gasteiger partial charge >= 0.3 is 6.18 Å². The third kappa shape index (κ3) is 4.33. The van der Waals surface area contributed by atoms with Gasteiger partial charge in [-0.2, -0.15) is 13.2 Å². The zero-order valence-corrected chi connectivity index (χ0v) is 19.6. The van der Waals surface area contributed by atoms with Gasteiger partial charge in [0.1, 0.15) is 12.4 Å². The minimum Gasteiger partial charge on any atom is -0.489 e. The van der Waals surface area contributed by atoms with Crippen LogP contribution in [0.15, 0.2) is 84.9 Å². The first-order valence-corrected chi connectivity index (χ1v) is 12.1. The van der Waals surface area contributed by atoms with Gasteiger partial charge in [-0.1, -0.05) is 48.5 Å². The van der Waals surface area contributed by atoms with Crippen molar-refractivity contribution in [3.63, 3.8) is 0 Å². The minimum atomic E-state index is -4.33. The third-order valence-electron chi connectivity index (χ3n) is 6.94. The predicted octanol–water partition coefficient (Wildman–Crippen LogP) is 7.09. The second-order valence-corrected chi connectivity index (χ2v) is 9.28. The van der Waals surface area contributed by atoms with Crippen molar-refractivity contribution < 1.29 is 17.9 Å². The van der Waals surface area contributed by atoms with Crippen molar-refractivity contribution in [1.29, 1.82) is 0 Å². The molecule has 6 heteroatoms. The Kier molecular flexibility index (Phi) is 5.69. The molecule has 182 valence electrons. The van der Waals surface area contributed by atoms with Gasteiger partial charge in [0.15, 0.2) is 0 Å². The van der Waals surface area contributed by atoms with E-state index in [4.69, 9.17) is 4.74 Å². The molecular formula is C30H25F3N2O. The van der Waals surface area contributed by atoms with Crippen LogP contribution in [0.5, 0.6) is 5.75 Å². The molecule has 1 aromatic heterocycles. The molecule has 0 fully saturated rings. The van der Waals surface area contributed by atoms with E-state index in [2.05, 4.69) is 64.5 Å². The Morgan fingerprint density at radius 3 is 2.42 bits per heavy atom. The summed E-state index contributed by atoms with van der Waals surface area (Å²) >= 11 is 0. The van der Waals surface area contributed by atoms with Crippen molar-refractivity contribution >= 4 is 21.7 Å². The molecule has 0 radical (unpaired) electrons. The molecule has 4 aromatic carbocycles. The summed E-state index contributed by atoms with van der Waals surface area (Å²) in [5.41, 5.74) is 5.10. The van der Waals surface area contributed by atoms with E-state index in [1.807, 2.05) is 6.07 Å². The number of benzene rings is 4. The molecular weight excluding hydrogens is 461 g/mol. The number of nitrogens with zero attached hydrogens (tertiary/aromatic N) is 1. The normalized spacial score (nSPS) is 13.8. The van der Waals surface area contributed by atoms with Gasteiger partial charge in [-0.25, -0.2) is 0 Å². The lowest BCUT2D eigenvalue weighted by atomic mass is 10.0. The second kappa shape index (κ2) is 9.03. The average Bonchev–Trinajstić information content (AvgIpc) is 3.20. The Hall–Kier alpha value is -3.77. The number of hydrogen-bond acceptors (Lipinski definition) is 2. The molecule has 0 amide bonds. The van der Waals surface area contributed by atoms with E-state index in [1.54, 1.807) is 0 Å². The number of nitrogens with one attached hydrogen (secondary N) is 1. The summed E-state index contributed by atoms with van der Waals surface area (Å²) in [6, 6.07) is 26.2. The van der Waals surface area contributed by atoms with Crippen LogP contribution >= 0.6 is 0 Å². The van der Waals surface area contributed by atoms with Crippen molar-refractivity contribution in [2.45, 2.75) is 32.3 Å². The molecule has 1 N–H and O–H groups in total. The summed E-state index contributed by atoms with van der Waals surface area (Å²) in [5.74, 6) is 0.714. The fourth-order valence-electron chi connectivity index (χ4n) is 5.10. The SMILES string of the molecule is FC(F)(F)c1ccc(COc2ccc3c(c2)c2c(n3Cc3ccc4ccccc4c3)CNCC2)cc1.